The number of carbonyl (C=O) groups excluding carboxylic acids is 2. The molecule has 1 N–H and O–H groups in total. The second-order valence-electron chi connectivity index (χ2n) is 7.59. The first-order chi connectivity index (χ1) is 15.2. The van der Waals surface area contributed by atoms with Crippen LogP contribution in [0.1, 0.15) is 43.6 Å². The standard InChI is InChI=1S/C23H28N2O6S/c1-5-25(6-2)32(28,29)17-12-13-20(30-7-3)19(14-17)24-22(27)23(4)15-16-10-8-9-11-18(16)21(26)31-23/h8-14H,5-7,15H2,1-4H3,(H,24,27). The topological polar surface area (TPSA) is 102 Å². The molecule has 2 aromatic carbocycles. The summed E-state index contributed by atoms with van der Waals surface area (Å²) in [6.45, 7) is 7.80. The molecule has 2 aromatic rings. The van der Waals surface area contributed by atoms with Gasteiger partial charge in [0.05, 0.1) is 22.8 Å². The predicted octanol–water partition coefficient (Wildman–Crippen LogP) is 3.23. The molecule has 3 rings (SSSR count). The van der Waals surface area contributed by atoms with Crippen LogP contribution in [-0.2, 0) is 26.0 Å². The van der Waals surface area contributed by atoms with Gasteiger partial charge < -0.3 is 14.8 Å². The molecule has 0 aromatic heterocycles. The maximum absolute atomic E-state index is 13.2. The number of fused-ring (bicyclic) bond motifs is 1. The smallest absolute Gasteiger partial charge is 0.339 e. The minimum Gasteiger partial charge on any atom is -0.492 e. The number of amides is 1. The van der Waals surface area contributed by atoms with Crippen LogP contribution in [0, 0.1) is 0 Å². The van der Waals surface area contributed by atoms with Crippen LogP contribution in [-0.4, -0.2) is 49.9 Å². The number of carbonyl (C=O) groups is 2. The average molecular weight is 461 g/mol. The maximum atomic E-state index is 13.2. The second kappa shape index (κ2) is 9.30. The van der Waals surface area contributed by atoms with Gasteiger partial charge in [-0.1, -0.05) is 32.0 Å². The molecule has 1 aliphatic rings. The van der Waals surface area contributed by atoms with Gasteiger partial charge in [-0.25, -0.2) is 13.2 Å². The zero-order valence-corrected chi connectivity index (χ0v) is 19.5. The van der Waals surface area contributed by atoms with E-state index < -0.39 is 27.5 Å². The molecule has 1 amide bonds. The minimum absolute atomic E-state index is 0.0380. The lowest BCUT2D eigenvalue weighted by Gasteiger charge is -2.33. The first-order valence-corrected chi connectivity index (χ1v) is 12.0. The molecule has 0 bridgehead atoms. The molecule has 8 nitrogen and oxygen atoms in total. The summed E-state index contributed by atoms with van der Waals surface area (Å²) in [6, 6.07) is 11.3. The molecule has 0 spiro atoms. The number of cyclic esters (lactones) is 1. The van der Waals surface area contributed by atoms with E-state index in [1.54, 1.807) is 45.0 Å². The number of rotatable bonds is 8. The quantitative estimate of drug-likeness (QED) is 0.607. The van der Waals surface area contributed by atoms with Crippen molar-refractivity contribution in [2.75, 3.05) is 25.0 Å². The van der Waals surface area contributed by atoms with E-state index >= 15 is 0 Å². The van der Waals surface area contributed by atoms with Gasteiger partial charge in [-0.2, -0.15) is 4.31 Å². The van der Waals surface area contributed by atoms with Gasteiger partial charge in [0.1, 0.15) is 5.75 Å². The average Bonchev–Trinajstić information content (AvgIpc) is 2.75. The lowest BCUT2D eigenvalue weighted by Crippen LogP contribution is -2.49. The molecule has 1 unspecified atom stereocenters. The lowest BCUT2D eigenvalue weighted by molar-refractivity contribution is -0.134. The zero-order valence-electron chi connectivity index (χ0n) is 18.7. The van der Waals surface area contributed by atoms with Gasteiger partial charge in [-0.3, -0.25) is 4.79 Å². The Morgan fingerprint density at radius 2 is 1.84 bits per heavy atom. The molecule has 0 saturated carbocycles. The van der Waals surface area contributed by atoms with Gasteiger partial charge in [0.2, 0.25) is 10.0 Å². The molecular formula is C23H28N2O6S. The van der Waals surface area contributed by atoms with Gasteiger partial charge in [0, 0.05) is 19.5 Å². The summed E-state index contributed by atoms with van der Waals surface area (Å²) in [7, 11) is -3.74. The monoisotopic (exact) mass is 460 g/mol. The van der Waals surface area contributed by atoms with Crippen molar-refractivity contribution in [1.29, 1.82) is 0 Å². The SMILES string of the molecule is CCOc1ccc(S(=O)(=O)N(CC)CC)cc1NC(=O)C1(C)Cc2ccccc2C(=O)O1. The van der Waals surface area contributed by atoms with E-state index in [1.807, 2.05) is 0 Å². The molecule has 1 atom stereocenters. The number of esters is 1. The van der Waals surface area contributed by atoms with Crippen molar-refractivity contribution >= 4 is 27.6 Å². The summed E-state index contributed by atoms with van der Waals surface area (Å²) in [5, 5.41) is 2.72. The van der Waals surface area contributed by atoms with Crippen molar-refractivity contribution in [3.05, 3.63) is 53.6 Å². The van der Waals surface area contributed by atoms with Crippen molar-refractivity contribution in [2.24, 2.45) is 0 Å². The van der Waals surface area contributed by atoms with Crippen LogP contribution >= 0.6 is 0 Å². The number of nitrogens with one attached hydrogen (secondary N) is 1. The fourth-order valence-corrected chi connectivity index (χ4v) is 5.16. The minimum atomic E-state index is -3.74. The fraction of sp³-hybridized carbons (Fsp3) is 0.391. The highest BCUT2D eigenvalue weighted by molar-refractivity contribution is 7.89. The Morgan fingerprint density at radius 1 is 1.16 bits per heavy atom. The Bertz CT molecular complexity index is 1130. The lowest BCUT2D eigenvalue weighted by atomic mass is 9.89. The Labute approximate surface area is 188 Å². The van der Waals surface area contributed by atoms with Crippen molar-refractivity contribution in [3.63, 3.8) is 0 Å². The number of ether oxygens (including phenoxy) is 2. The number of benzene rings is 2. The number of anilines is 1. The largest absolute Gasteiger partial charge is 0.492 e. The molecule has 0 saturated heterocycles. The third-order valence-electron chi connectivity index (χ3n) is 5.41. The van der Waals surface area contributed by atoms with Gasteiger partial charge >= 0.3 is 5.97 Å². The third-order valence-corrected chi connectivity index (χ3v) is 7.45. The van der Waals surface area contributed by atoms with Gasteiger partial charge in [0.15, 0.2) is 5.60 Å². The molecule has 9 heteroatoms. The van der Waals surface area contributed by atoms with Crippen molar-refractivity contribution in [3.8, 4) is 5.75 Å². The maximum Gasteiger partial charge on any atom is 0.339 e. The zero-order chi connectivity index (χ0) is 23.5. The normalized spacial score (nSPS) is 18.1. The molecule has 1 aliphatic heterocycles. The van der Waals surface area contributed by atoms with Crippen molar-refractivity contribution < 1.29 is 27.5 Å². The molecule has 0 fully saturated rings. The van der Waals surface area contributed by atoms with Crippen LogP contribution in [0.5, 0.6) is 5.75 Å². The molecule has 1 heterocycles. The summed E-state index contributed by atoms with van der Waals surface area (Å²) in [6.07, 6.45) is 0.197. The van der Waals surface area contributed by atoms with E-state index in [9.17, 15) is 18.0 Å². The second-order valence-corrected chi connectivity index (χ2v) is 9.53. The highest BCUT2D eigenvalue weighted by Gasteiger charge is 2.43. The van der Waals surface area contributed by atoms with Crippen LogP contribution in [0.15, 0.2) is 47.4 Å². The number of hydrogen-bond donors (Lipinski definition) is 1. The van der Waals surface area contributed by atoms with Gasteiger partial charge in [-0.15, -0.1) is 0 Å². The van der Waals surface area contributed by atoms with Crippen molar-refractivity contribution in [2.45, 2.75) is 44.6 Å². The van der Waals surface area contributed by atoms with E-state index in [2.05, 4.69) is 5.32 Å². The highest BCUT2D eigenvalue weighted by Crippen LogP contribution is 2.33. The summed E-state index contributed by atoms with van der Waals surface area (Å²) in [5.74, 6) is -0.823. The Balaban J connectivity index is 1.95. The van der Waals surface area contributed by atoms with Crippen molar-refractivity contribution in [1.82, 2.24) is 4.31 Å². The fourth-order valence-electron chi connectivity index (χ4n) is 3.68. The van der Waals surface area contributed by atoms with Crippen LogP contribution in [0.4, 0.5) is 5.69 Å². The highest BCUT2D eigenvalue weighted by atomic mass is 32.2. The van der Waals surface area contributed by atoms with Crippen LogP contribution in [0.3, 0.4) is 0 Å². The number of hydrogen-bond acceptors (Lipinski definition) is 6. The van der Waals surface area contributed by atoms with E-state index in [-0.39, 0.29) is 17.0 Å². The van der Waals surface area contributed by atoms with Gasteiger partial charge in [-0.05, 0) is 43.7 Å². The Hall–Kier alpha value is -2.91. The number of sulfonamides is 1. The first kappa shape index (κ1) is 23.7. The van der Waals surface area contributed by atoms with Crippen LogP contribution < -0.4 is 10.1 Å². The third kappa shape index (κ3) is 4.49. The molecule has 172 valence electrons. The summed E-state index contributed by atoms with van der Waals surface area (Å²) < 4.78 is 38.3. The van der Waals surface area contributed by atoms with Gasteiger partial charge in [0.25, 0.3) is 5.91 Å². The summed E-state index contributed by atoms with van der Waals surface area (Å²) in [4.78, 5) is 25.7. The molecule has 0 radical (unpaired) electrons. The summed E-state index contributed by atoms with van der Waals surface area (Å²) in [5.41, 5.74) is -0.117. The van der Waals surface area contributed by atoms with E-state index in [0.717, 1.165) is 0 Å². The van der Waals surface area contributed by atoms with Crippen LogP contribution in [0.25, 0.3) is 0 Å². The number of nitrogens with zero attached hydrogens (tertiary/aromatic N) is 1. The molecule has 32 heavy (non-hydrogen) atoms. The van der Waals surface area contributed by atoms with Crippen LogP contribution in [0.2, 0.25) is 0 Å². The Kier molecular flexibility index (Phi) is 6.90. The molecular weight excluding hydrogens is 432 g/mol. The van der Waals surface area contributed by atoms with E-state index in [0.29, 0.717) is 36.6 Å². The Morgan fingerprint density at radius 3 is 2.50 bits per heavy atom. The van der Waals surface area contributed by atoms with E-state index in [4.69, 9.17) is 9.47 Å². The predicted molar refractivity (Wildman–Crippen MR) is 120 cm³/mol. The first-order valence-electron chi connectivity index (χ1n) is 10.6. The van der Waals surface area contributed by atoms with E-state index in [1.165, 1.54) is 29.4 Å². The summed E-state index contributed by atoms with van der Waals surface area (Å²) >= 11 is 0. The molecule has 0 aliphatic carbocycles.